The van der Waals surface area contributed by atoms with Gasteiger partial charge in [-0.2, -0.15) is 0 Å². The average molecular weight is 570 g/mol. The van der Waals surface area contributed by atoms with Gasteiger partial charge in [0, 0.05) is 42.3 Å². The fraction of sp³-hybridized carbons (Fsp3) is 0.389. The zero-order valence-electron chi connectivity index (χ0n) is 24.9. The van der Waals surface area contributed by atoms with Crippen LogP contribution in [0.3, 0.4) is 0 Å². The van der Waals surface area contributed by atoms with Gasteiger partial charge in [-0.25, -0.2) is 0 Å². The van der Waals surface area contributed by atoms with Crippen molar-refractivity contribution in [2.24, 2.45) is 16.3 Å². The van der Waals surface area contributed by atoms with E-state index in [1.165, 1.54) is 46.4 Å². The van der Waals surface area contributed by atoms with Gasteiger partial charge in [-0.05, 0) is 115 Å². The molecule has 6 rings (SSSR count). The summed E-state index contributed by atoms with van der Waals surface area (Å²) in [6.07, 6.45) is 14.8. The van der Waals surface area contributed by atoms with Crippen LogP contribution < -0.4 is 4.90 Å². The molecule has 0 bridgehead atoms. The molecule has 0 unspecified atom stereocenters. The summed E-state index contributed by atoms with van der Waals surface area (Å²) in [5, 5.41) is 0.682. The zero-order chi connectivity index (χ0) is 29.6. The highest BCUT2D eigenvalue weighted by Crippen LogP contribution is 2.53. The molecule has 4 radical (unpaired) electrons. The van der Waals surface area contributed by atoms with Gasteiger partial charge in [-0.3, -0.25) is 9.98 Å². The number of halogens is 1. The van der Waals surface area contributed by atoms with Gasteiger partial charge in [-0.1, -0.05) is 48.6 Å². The molecule has 2 aromatic rings. The minimum Gasteiger partial charge on any atom is -0.371 e. The van der Waals surface area contributed by atoms with Gasteiger partial charge in [0.1, 0.15) is 0 Å². The van der Waals surface area contributed by atoms with E-state index < -0.39 is 5.72 Å². The quantitative estimate of drug-likeness (QED) is 0.225. The second-order valence-electron chi connectivity index (χ2n) is 12.7. The highest BCUT2D eigenvalue weighted by atomic mass is 35.5. The van der Waals surface area contributed by atoms with Gasteiger partial charge in [0.2, 0.25) is 0 Å². The van der Waals surface area contributed by atoms with Crippen LogP contribution in [-0.2, 0) is 0 Å². The van der Waals surface area contributed by atoms with E-state index in [1.54, 1.807) is 6.20 Å². The van der Waals surface area contributed by atoms with Crippen molar-refractivity contribution in [3.05, 3.63) is 112 Å². The molecule has 2 aliphatic carbocycles. The van der Waals surface area contributed by atoms with Crippen LogP contribution in [0.4, 0.5) is 5.69 Å². The van der Waals surface area contributed by atoms with Crippen LogP contribution in [-0.4, -0.2) is 46.0 Å². The average Bonchev–Trinajstić information content (AvgIpc) is 3.70. The van der Waals surface area contributed by atoms with Crippen molar-refractivity contribution in [3.8, 4) is 0 Å². The van der Waals surface area contributed by atoms with Gasteiger partial charge in [0.05, 0.1) is 33.0 Å². The molecule has 0 atom stereocenters. The number of aryl methyl sites for hydroxylation is 1. The maximum Gasteiger partial charge on any atom is 0.0742 e. The van der Waals surface area contributed by atoms with E-state index in [4.69, 9.17) is 32.3 Å². The second kappa shape index (κ2) is 11.6. The predicted octanol–water partition coefficient (Wildman–Crippen LogP) is 8.16. The van der Waals surface area contributed by atoms with Gasteiger partial charge in [0.15, 0.2) is 0 Å². The Balaban J connectivity index is 1.20. The minimum atomic E-state index is -0.428. The molecule has 2 aliphatic heterocycles. The summed E-state index contributed by atoms with van der Waals surface area (Å²) in [5.41, 5.74) is 12.9. The zero-order valence-corrected chi connectivity index (χ0v) is 25.7. The molecular formula is C36H38B2ClN3. The summed E-state index contributed by atoms with van der Waals surface area (Å²) < 4.78 is 0. The SMILES string of the molecule is [B]C([B])C/C(=C/C(=C)C(=C)C)c1cc(N2CCC3(C=C(C4=C(C5CC5)CN=C4c4ccncc4Cl)C3)CC2)ccc1C. The summed E-state index contributed by atoms with van der Waals surface area (Å²) in [4.78, 5) is 11.7. The number of rotatable bonds is 9. The van der Waals surface area contributed by atoms with Gasteiger partial charge >= 0.3 is 0 Å². The Bertz CT molecular complexity index is 1570. The molecule has 42 heavy (non-hydrogen) atoms. The Morgan fingerprint density at radius 1 is 1.19 bits per heavy atom. The van der Waals surface area contributed by atoms with Crippen LogP contribution in [0.15, 0.2) is 94.8 Å². The molecular weight excluding hydrogens is 531 g/mol. The molecule has 0 N–H and O–H groups in total. The highest BCUT2D eigenvalue weighted by molar-refractivity contribution is 6.36. The molecule has 1 saturated heterocycles. The van der Waals surface area contributed by atoms with Gasteiger partial charge in [-0.15, -0.1) is 5.72 Å². The highest BCUT2D eigenvalue weighted by Gasteiger charge is 2.44. The lowest BCUT2D eigenvalue weighted by atomic mass is 9.62. The third kappa shape index (κ3) is 5.78. The number of nitrogens with zero attached hydrogens (tertiary/aromatic N) is 3. The fourth-order valence-electron chi connectivity index (χ4n) is 6.78. The number of aromatic nitrogens is 1. The summed E-state index contributed by atoms with van der Waals surface area (Å²) in [7, 11) is 12.1. The summed E-state index contributed by atoms with van der Waals surface area (Å²) in [6.45, 7) is 15.2. The molecule has 2 fully saturated rings. The molecule has 1 spiro atoms. The van der Waals surface area contributed by atoms with Crippen molar-refractivity contribution in [1.82, 2.24) is 4.98 Å². The first-order valence-electron chi connectivity index (χ1n) is 15.2. The number of hydrogen-bond acceptors (Lipinski definition) is 3. The first-order valence-corrected chi connectivity index (χ1v) is 15.5. The fourth-order valence-corrected chi connectivity index (χ4v) is 6.99. The van der Waals surface area contributed by atoms with E-state index in [2.05, 4.69) is 60.3 Å². The molecule has 4 aliphatic rings. The standard InChI is InChI=1S/C36H38B2ClN3/c1-22(2)24(4)15-26(16-33(37)38)30-17-28(8-5-23(30)3)42-13-10-36(11-14-42)18-27(19-36)34-31(25-6-7-25)20-41-35(34)29-9-12-40-21-32(29)39/h5,8-9,12,15,17-18,21,25,33H,1,4,6-7,10-11,13-14,16,19-20H2,2-3H3/b26-15-. The van der Waals surface area contributed by atoms with Crippen LogP contribution in [0.25, 0.3) is 5.57 Å². The smallest absolute Gasteiger partial charge is 0.0742 e. The number of aliphatic imine (C=N–C) groups is 1. The molecule has 3 heterocycles. The third-order valence-corrected chi connectivity index (χ3v) is 9.75. The molecule has 1 aromatic carbocycles. The minimum absolute atomic E-state index is 0.271. The molecule has 1 saturated carbocycles. The number of piperidine rings is 1. The third-order valence-electron chi connectivity index (χ3n) is 9.45. The van der Waals surface area contributed by atoms with E-state index >= 15 is 0 Å². The maximum absolute atomic E-state index is 6.58. The summed E-state index contributed by atoms with van der Waals surface area (Å²) in [5.74, 6) is 0.692. The predicted molar refractivity (Wildman–Crippen MR) is 180 cm³/mol. The van der Waals surface area contributed by atoms with Crippen molar-refractivity contribution >= 4 is 44.3 Å². The van der Waals surface area contributed by atoms with Crippen LogP contribution in [0.5, 0.6) is 0 Å². The van der Waals surface area contributed by atoms with Crippen LogP contribution in [0, 0.1) is 18.3 Å². The van der Waals surface area contributed by atoms with Crippen molar-refractivity contribution < 1.29 is 0 Å². The molecule has 210 valence electrons. The maximum atomic E-state index is 6.58. The van der Waals surface area contributed by atoms with Crippen LogP contribution in [0.2, 0.25) is 10.7 Å². The van der Waals surface area contributed by atoms with Crippen molar-refractivity contribution in [3.63, 3.8) is 0 Å². The second-order valence-corrected chi connectivity index (χ2v) is 13.1. The molecule has 3 nitrogen and oxygen atoms in total. The molecule has 0 amide bonds. The van der Waals surface area contributed by atoms with Crippen LogP contribution >= 0.6 is 11.6 Å². The Morgan fingerprint density at radius 3 is 2.57 bits per heavy atom. The normalized spacial score (nSPS) is 20.1. The number of anilines is 1. The first-order chi connectivity index (χ1) is 20.1. The van der Waals surface area contributed by atoms with Crippen molar-refractivity contribution in [1.29, 1.82) is 0 Å². The Morgan fingerprint density at radius 2 is 1.93 bits per heavy atom. The lowest BCUT2D eigenvalue weighted by Gasteiger charge is -2.47. The Hall–Kier alpha value is -3.04. The van der Waals surface area contributed by atoms with E-state index in [0.29, 0.717) is 17.4 Å². The van der Waals surface area contributed by atoms with E-state index in [1.807, 2.05) is 19.2 Å². The van der Waals surface area contributed by atoms with Gasteiger partial charge in [0.25, 0.3) is 0 Å². The summed E-state index contributed by atoms with van der Waals surface area (Å²) >= 11 is 6.58. The van der Waals surface area contributed by atoms with Crippen molar-refractivity contribution in [2.45, 2.75) is 58.1 Å². The molecule has 1 aromatic heterocycles. The number of pyridine rings is 1. The number of benzene rings is 1. The van der Waals surface area contributed by atoms with E-state index in [0.717, 1.165) is 66.9 Å². The lowest BCUT2D eigenvalue weighted by Crippen LogP contribution is -2.43. The van der Waals surface area contributed by atoms with E-state index in [-0.39, 0.29) is 5.41 Å². The Labute approximate surface area is 259 Å². The Kier molecular flexibility index (Phi) is 8.00. The number of allylic oxidation sites excluding steroid dienone is 7. The summed E-state index contributed by atoms with van der Waals surface area (Å²) in [6, 6.07) is 8.78. The molecule has 6 heteroatoms. The monoisotopic (exact) mass is 569 g/mol. The van der Waals surface area contributed by atoms with Crippen LogP contribution in [0.1, 0.15) is 62.1 Å². The largest absolute Gasteiger partial charge is 0.371 e. The first kappa shape index (κ1) is 29.1. The lowest BCUT2D eigenvalue weighted by molar-refractivity contribution is 0.259. The topological polar surface area (TPSA) is 28.5 Å². The number of hydrogen-bond donors (Lipinski definition) is 0. The van der Waals surface area contributed by atoms with Gasteiger partial charge < -0.3 is 4.90 Å². The van der Waals surface area contributed by atoms with E-state index in [9.17, 15) is 0 Å². The van der Waals surface area contributed by atoms with Crippen molar-refractivity contribution in [2.75, 3.05) is 24.5 Å².